The molecule has 1 N–H and O–H groups in total. The van der Waals surface area contributed by atoms with Gasteiger partial charge in [0.1, 0.15) is 0 Å². The zero-order valence-corrected chi connectivity index (χ0v) is 15.6. The fourth-order valence-electron chi connectivity index (χ4n) is 2.44. The second kappa shape index (κ2) is 8.27. The Balaban J connectivity index is 1.91. The van der Waals surface area contributed by atoms with Gasteiger partial charge in [0.25, 0.3) is 5.91 Å². The van der Waals surface area contributed by atoms with Gasteiger partial charge in [-0.1, -0.05) is 37.3 Å². The van der Waals surface area contributed by atoms with E-state index in [2.05, 4.69) is 24.4 Å². The van der Waals surface area contributed by atoms with Gasteiger partial charge in [-0.2, -0.15) is 0 Å². The molecule has 0 fully saturated rings. The minimum atomic E-state index is -3.48. The first-order chi connectivity index (χ1) is 11.8. The molecule has 2 aromatic carbocycles. The van der Waals surface area contributed by atoms with Crippen molar-refractivity contribution in [3.8, 4) is 0 Å². The second-order valence-corrected chi connectivity index (χ2v) is 8.32. The number of nitrogens with zero attached hydrogens (tertiary/aromatic N) is 1. The minimum absolute atomic E-state index is 0.173. The van der Waals surface area contributed by atoms with Crippen LogP contribution in [-0.4, -0.2) is 39.3 Å². The van der Waals surface area contributed by atoms with Gasteiger partial charge in [-0.25, -0.2) is 12.7 Å². The van der Waals surface area contributed by atoms with E-state index in [-0.39, 0.29) is 10.8 Å². The Hall–Kier alpha value is -2.18. The summed E-state index contributed by atoms with van der Waals surface area (Å²) in [5.74, 6) is 0.156. The van der Waals surface area contributed by atoms with E-state index in [1.807, 2.05) is 18.2 Å². The van der Waals surface area contributed by atoms with Crippen LogP contribution in [0, 0.1) is 0 Å². The van der Waals surface area contributed by atoms with E-state index in [1.54, 1.807) is 0 Å². The molecule has 0 spiro atoms. The maximum absolute atomic E-state index is 12.2. The van der Waals surface area contributed by atoms with Crippen LogP contribution >= 0.6 is 0 Å². The van der Waals surface area contributed by atoms with Crippen LogP contribution in [0.1, 0.15) is 35.2 Å². The number of amides is 1. The van der Waals surface area contributed by atoms with Gasteiger partial charge < -0.3 is 5.32 Å². The number of nitrogens with one attached hydrogen (secondary N) is 1. The molecular formula is C19H24N2O3S. The summed E-state index contributed by atoms with van der Waals surface area (Å²) in [6.07, 6.45) is 0.836. The molecule has 2 aromatic rings. The Bertz CT molecular complexity index is 800. The first-order valence-electron chi connectivity index (χ1n) is 8.18. The summed E-state index contributed by atoms with van der Waals surface area (Å²) >= 11 is 0. The number of carbonyl (C=O) groups excluding carboxylic acids is 1. The molecule has 0 radical (unpaired) electrons. The summed E-state index contributed by atoms with van der Waals surface area (Å²) in [6, 6.07) is 16.1. The molecule has 1 unspecified atom stereocenters. The quantitative estimate of drug-likeness (QED) is 0.826. The van der Waals surface area contributed by atoms with Crippen LogP contribution in [-0.2, 0) is 10.0 Å². The van der Waals surface area contributed by atoms with Crippen LogP contribution < -0.4 is 5.32 Å². The molecule has 0 aliphatic rings. The van der Waals surface area contributed by atoms with Gasteiger partial charge in [-0.15, -0.1) is 0 Å². The first-order valence-corrected chi connectivity index (χ1v) is 9.62. The Labute approximate surface area is 149 Å². The molecule has 134 valence electrons. The van der Waals surface area contributed by atoms with E-state index >= 15 is 0 Å². The van der Waals surface area contributed by atoms with E-state index in [1.165, 1.54) is 43.9 Å². The Morgan fingerprint density at radius 1 is 1.04 bits per heavy atom. The number of carbonyl (C=O) groups is 1. The standard InChI is InChI=1S/C19H24N2O3S/c1-15(16-7-5-4-6-8-16)13-14-20-19(22)17-9-11-18(12-10-17)25(23,24)21(2)3/h4-12,15H,13-14H2,1-3H3,(H,20,22). The van der Waals surface area contributed by atoms with Crippen molar-refractivity contribution < 1.29 is 13.2 Å². The van der Waals surface area contributed by atoms with Crippen molar-refractivity contribution in [2.75, 3.05) is 20.6 Å². The highest BCUT2D eigenvalue weighted by atomic mass is 32.2. The van der Waals surface area contributed by atoms with Gasteiger partial charge in [-0.05, 0) is 42.2 Å². The highest BCUT2D eigenvalue weighted by Crippen LogP contribution is 2.18. The lowest BCUT2D eigenvalue weighted by Gasteiger charge is -2.13. The molecular weight excluding hydrogens is 336 g/mol. The molecule has 5 nitrogen and oxygen atoms in total. The number of hydrogen-bond acceptors (Lipinski definition) is 3. The van der Waals surface area contributed by atoms with Crippen LogP contribution in [0.4, 0.5) is 0 Å². The van der Waals surface area contributed by atoms with E-state index in [4.69, 9.17) is 0 Å². The lowest BCUT2D eigenvalue weighted by atomic mass is 9.98. The zero-order valence-electron chi connectivity index (χ0n) is 14.8. The van der Waals surface area contributed by atoms with Crippen LogP contribution in [0.2, 0.25) is 0 Å². The molecule has 0 aliphatic heterocycles. The Morgan fingerprint density at radius 2 is 1.64 bits per heavy atom. The molecule has 6 heteroatoms. The highest BCUT2D eigenvalue weighted by molar-refractivity contribution is 7.89. The molecule has 1 atom stereocenters. The number of sulfonamides is 1. The van der Waals surface area contributed by atoms with E-state index in [9.17, 15) is 13.2 Å². The van der Waals surface area contributed by atoms with Crippen LogP contribution in [0.5, 0.6) is 0 Å². The van der Waals surface area contributed by atoms with Gasteiger partial charge in [0.05, 0.1) is 4.90 Å². The SMILES string of the molecule is CC(CCNC(=O)c1ccc(S(=O)(=O)N(C)C)cc1)c1ccccc1. The Kier molecular flexibility index (Phi) is 6.33. The molecule has 0 bridgehead atoms. The largest absolute Gasteiger partial charge is 0.352 e. The van der Waals surface area contributed by atoms with Crippen molar-refractivity contribution in [2.24, 2.45) is 0 Å². The van der Waals surface area contributed by atoms with Crippen molar-refractivity contribution in [1.82, 2.24) is 9.62 Å². The van der Waals surface area contributed by atoms with Crippen LogP contribution in [0.15, 0.2) is 59.5 Å². The average molecular weight is 360 g/mol. The van der Waals surface area contributed by atoms with Gasteiger partial charge >= 0.3 is 0 Å². The van der Waals surface area contributed by atoms with Crippen molar-refractivity contribution in [3.63, 3.8) is 0 Å². The molecule has 0 aliphatic carbocycles. The summed E-state index contributed by atoms with van der Waals surface area (Å²) in [5.41, 5.74) is 1.69. The summed E-state index contributed by atoms with van der Waals surface area (Å²) in [5, 5.41) is 2.88. The van der Waals surface area contributed by atoms with E-state index in [0.29, 0.717) is 18.0 Å². The first kappa shape index (κ1) is 19.1. The topological polar surface area (TPSA) is 66.5 Å². The average Bonchev–Trinajstić information content (AvgIpc) is 2.62. The molecule has 25 heavy (non-hydrogen) atoms. The van der Waals surface area contributed by atoms with Crippen LogP contribution in [0.25, 0.3) is 0 Å². The summed E-state index contributed by atoms with van der Waals surface area (Å²) in [7, 11) is -0.524. The van der Waals surface area contributed by atoms with Crippen LogP contribution in [0.3, 0.4) is 0 Å². The minimum Gasteiger partial charge on any atom is -0.352 e. The van der Waals surface area contributed by atoms with Gasteiger partial charge in [0, 0.05) is 26.2 Å². The zero-order chi connectivity index (χ0) is 18.4. The van der Waals surface area contributed by atoms with Crippen molar-refractivity contribution in [2.45, 2.75) is 24.2 Å². The predicted molar refractivity (Wildman–Crippen MR) is 99.1 cm³/mol. The molecule has 1 amide bonds. The normalized spacial score (nSPS) is 12.8. The molecule has 2 rings (SSSR count). The van der Waals surface area contributed by atoms with E-state index in [0.717, 1.165) is 10.7 Å². The third-order valence-electron chi connectivity index (χ3n) is 4.13. The monoisotopic (exact) mass is 360 g/mol. The van der Waals surface area contributed by atoms with Crippen molar-refractivity contribution in [1.29, 1.82) is 0 Å². The van der Waals surface area contributed by atoms with Gasteiger partial charge in [0.2, 0.25) is 10.0 Å². The van der Waals surface area contributed by atoms with Gasteiger partial charge in [-0.3, -0.25) is 4.79 Å². The third-order valence-corrected chi connectivity index (χ3v) is 5.96. The number of hydrogen-bond donors (Lipinski definition) is 1. The second-order valence-electron chi connectivity index (χ2n) is 6.17. The summed E-state index contributed by atoms with van der Waals surface area (Å²) in [6.45, 7) is 2.69. The fraction of sp³-hybridized carbons (Fsp3) is 0.316. The molecule has 0 saturated heterocycles. The predicted octanol–water partition coefficient (Wildman–Crippen LogP) is 2.86. The summed E-state index contributed by atoms with van der Waals surface area (Å²) in [4.78, 5) is 12.4. The number of benzene rings is 2. The Morgan fingerprint density at radius 3 is 2.20 bits per heavy atom. The number of rotatable bonds is 7. The molecule has 0 heterocycles. The van der Waals surface area contributed by atoms with Crippen molar-refractivity contribution in [3.05, 3.63) is 65.7 Å². The fourth-order valence-corrected chi connectivity index (χ4v) is 3.34. The molecule has 0 aromatic heterocycles. The maximum Gasteiger partial charge on any atom is 0.251 e. The molecule has 0 saturated carbocycles. The van der Waals surface area contributed by atoms with Gasteiger partial charge in [0.15, 0.2) is 0 Å². The van der Waals surface area contributed by atoms with E-state index < -0.39 is 10.0 Å². The third kappa shape index (κ3) is 4.90. The summed E-state index contributed by atoms with van der Waals surface area (Å²) < 4.78 is 25.2. The van der Waals surface area contributed by atoms with Crippen molar-refractivity contribution >= 4 is 15.9 Å². The maximum atomic E-state index is 12.2. The lowest BCUT2D eigenvalue weighted by molar-refractivity contribution is 0.0952. The smallest absolute Gasteiger partial charge is 0.251 e. The lowest BCUT2D eigenvalue weighted by Crippen LogP contribution is -2.26. The highest BCUT2D eigenvalue weighted by Gasteiger charge is 2.17.